The zero-order valence-corrected chi connectivity index (χ0v) is 45.2. The Kier molecular flexibility index (Phi) is 12.4. The Bertz CT molecular complexity index is 3770. The van der Waals surface area contributed by atoms with Crippen molar-refractivity contribution in [2.45, 2.75) is 41.5 Å². The van der Waals surface area contributed by atoms with Crippen LogP contribution < -0.4 is 0 Å². The highest BCUT2D eigenvalue weighted by Crippen LogP contribution is 2.40. The van der Waals surface area contributed by atoms with Crippen LogP contribution in [0, 0.1) is 41.5 Å². The molecule has 0 nitrogen and oxygen atoms in total. The first kappa shape index (κ1) is 48.3. The minimum Gasteiger partial charge on any atom is -0.0620 e. The fourth-order valence-electron chi connectivity index (χ4n) is 12.1. The molecule has 0 fully saturated rings. The highest BCUT2D eigenvalue weighted by Gasteiger charge is 2.14. The largest absolute Gasteiger partial charge is 0.0620 e. The van der Waals surface area contributed by atoms with Crippen LogP contribution in [0.25, 0.3) is 131 Å². The summed E-state index contributed by atoms with van der Waals surface area (Å²) in [7, 11) is 0. The van der Waals surface area contributed by atoms with E-state index in [2.05, 4.69) is 296 Å². The Morgan fingerprint density at radius 3 is 0.372 bits per heavy atom. The molecule has 0 N–H and O–H groups in total. The van der Waals surface area contributed by atoms with Crippen molar-refractivity contribution in [2.24, 2.45) is 0 Å². The van der Waals surface area contributed by atoms with Gasteiger partial charge < -0.3 is 0 Å². The molecule has 0 atom stereocenters. The van der Waals surface area contributed by atoms with Crippen molar-refractivity contribution in [3.05, 3.63) is 288 Å². The van der Waals surface area contributed by atoms with Gasteiger partial charge in [-0.15, -0.1) is 0 Å². The predicted octanol–water partition coefficient (Wildman–Crippen LogP) is 22.1. The molecule has 0 aromatic heterocycles. The van der Waals surface area contributed by atoms with E-state index in [0.717, 1.165) is 0 Å². The lowest BCUT2D eigenvalue weighted by Crippen LogP contribution is -1.88. The minimum atomic E-state index is 1.17. The summed E-state index contributed by atoms with van der Waals surface area (Å²) < 4.78 is 0. The summed E-state index contributed by atoms with van der Waals surface area (Å²) in [6, 6.07) is 96.6. The Hall–Kier alpha value is -9.36. The molecular formula is C78H60. The van der Waals surface area contributed by atoms with Crippen LogP contribution in [0.3, 0.4) is 0 Å². The normalized spacial score (nSPS) is 11.5. The van der Waals surface area contributed by atoms with Gasteiger partial charge in [0.15, 0.2) is 0 Å². The van der Waals surface area contributed by atoms with Crippen LogP contribution in [0.4, 0.5) is 0 Å². The maximum atomic E-state index is 2.44. The SMILES string of the molecule is Cc1ccccc1-c1cc2cc(c1)c1cc(-c3ccccc3C)cc(c1)c1cc(-c3ccccc3C)cc(c1)c1cc(-c3ccccc3C)cc(c1)c1cc(-c3ccccc3C)cc(c1)c1cc(-c3ccccc3C)cc2c1. The second-order valence-electron chi connectivity index (χ2n) is 21.7. The summed E-state index contributed by atoms with van der Waals surface area (Å²) in [6.07, 6.45) is 0. The fourth-order valence-corrected chi connectivity index (χ4v) is 12.1. The standard InChI is InChI=1S/C78H60/c1-49-19-7-13-25-73(49)67-37-55-31-56(38-67)58-33-60(42-69(40-58)75-27-15-9-21-51(75)3)62-35-64(46-71(44-62)77-29-17-11-23-53(77)5)66-36-65(47-72(48-66)78-30-18-12-24-54(78)6)63-34-61(43-70(45-63)76-28-16-10-22-52(76)4)59-32-57(55)39-68(41-59)74-26-14-8-20-50(74)2/h7-48H,1-6H3. The van der Waals surface area contributed by atoms with E-state index in [1.165, 1.54) is 165 Å². The number of fused-ring (bicyclic) bond motifs is 18. The number of rotatable bonds is 6. The van der Waals surface area contributed by atoms with Gasteiger partial charge in [-0.25, -0.2) is 0 Å². The summed E-state index contributed by atoms with van der Waals surface area (Å²) in [5.41, 5.74) is 22.0. The molecule has 12 bridgehead atoms. The van der Waals surface area contributed by atoms with Crippen LogP contribution in [-0.2, 0) is 0 Å². The summed E-state index contributed by atoms with van der Waals surface area (Å²) in [4.78, 5) is 0. The van der Waals surface area contributed by atoms with Crippen molar-refractivity contribution in [1.29, 1.82) is 0 Å². The lowest BCUT2D eigenvalue weighted by Gasteiger charge is -2.13. The first-order valence-electron chi connectivity index (χ1n) is 27.4. The molecule has 0 spiro atoms. The highest BCUT2D eigenvalue weighted by molar-refractivity contribution is 6.08. The van der Waals surface area contributed by atoms with Gasteiger partial charge in [-0.3, -0.25) is 0 Å². The lowest BCUT2D eigenvalue weighted by molar-refractivity contribution is 1.46. The van der Waals surface area contributed by atoms with Gasteiger partial charge in [0.1, 0.15) is 0 Å². The quantitative estimate of drug-likeness (QED) is 0.156. The summed E-state index contributed by atoms with van der Waals surface area (Å²) in [6.45, 7) is 13.4. The fraction of sp³-hybridized carbons (Fsp3) is 0.0769. The third-order valence-corrected chi connectivity index (χ3v) is 16.3. The second-order valence-corrected chi connectivity index (χ2v) is 21.7. The molecule has 0 saturated carbocycles. The van der Waals surface area contributed by atoms with E-state index < -0.39 is 0 Å². The Balaban J connectivity index is 1.30. The monoisotopic (exact) mass is 996 g/mol. The van der Waals surface area contributed by atoms with Crippen molar-refractivity contribution in [3.63, 3.8) is 0 Å². The molecule has 0 saturated heterocycles. The maximum absolute atomic E-state index is 2.44. The van der Waals surface area contributed by atoms with Crippen LogP contribution in [0.1, 0.15) is 33.4 Å². The van der Waals surface area contributed by atoms with Gasteiger partial charge in [-0.2, -0.15) is 0 Å². The van der Waals surface area contributed by atoms with E-state index >= 15 is 0 Å². The molecular weight excluding hydrogens is 937 g/mol. The van der Waals surface area contributed by atoms with Crippen molar-refractivity contribution in [3.8, 4) is 66.8 Å². The van der Waals surface area contributed by atoms with E-state index in [9.17, 15) is 0 Å². The molecule has 13 rings (SSSR count). The van der Waals surface area contributed by atoms with E-state index in [1.54, 1.807) is 0 Å². The number of hydrogen-bond donors (Lipinski definition) is 0. The second kappa shape index (κ2) is 20.0. The smallest absolute Gasteiger partial charge is 0.0154 e. The third kappa shape index (κ3) is 9.20. The van der Waals surface area contributed by atoms with E-state index in [1.807, 2.05) is 0 Å². The molecule has 0 radical (unpaired) electrons. The molecule has 0 heterocycles. The maximum Gasteiger partial charge on any atom is -0.0154 e. The van der Waals surface area contributed by atoms with Crippen LogP contribution in [0.15, 0.2) is 255 Å². The average molecular weight is 997 g/mol. The Morgan fingerprint density at radius 2 is 0.256 bits per heavy atom. The number of benzene rings is 12. The van der Waals surface area contributed by atoms with Gasteiger partial charge >= 0.3 is 0 Å². The van der Waals surface area contributed by atoms with Crippen molar-refractivity contribution < 1.29 is 0 Å². The molecule has 0 amide bonds. The molecule has 78 heavy (non-hydrogen) atoms. The molecule has 0 aliphatic rings. The van der Waals surface area contributed by atoms with Crippen LogP contribution >= 0.6 is 0 Å². The minimum absolute atomic E-state index is 1.17. The van der Waals surface area contributed by atoms with Crippen molar-refractivity contribution >= 4 is 64.6 Å². The summed E-state index contributed by atoms with van der Waals surface area (Å²) >= 11 is 0. The zero-order valence-electron chi connectivity index (χ0n) is 45.2. The molecule has 13 aromatic carbocycles. The van der Waals surface area contributed by atoms with Gasteiger partial charge in [0.05, 0.1) is 0 Å². The van der Waals surface area contributed by atoms with Crippen molar-refractivity contribution in [1.82, 2.24) is 0 Å². The van der Waals surface area contributed by atoms with E-state index in [4.69, 9.17) is 0 Å². The topological polar surface area (TPSA) is 0 Å². The Morgan fingerprint density at radius 1 is 0.141 bits per heavy atom. The number of hydrogen-bond acceptors (Lipinski definition) is 0. The van der Waals surface area contributed by atoms with Crippen LogP contribution in [-0.4, -0.2) is 0 Å². The van der Waals surface area contributed by atoms with E-state index in [-0.39, 0.29) is 0 Å². The number of aryl methyl sites for hydroxylation is 6. The van der Waals surface area contributed by atoms with E-state index in [0.29, 0.717) is 0 Å². The van der Waals surface area contributed by atoms with Gasteiger partial charge in [-0.05, 0) is 316 Å². The van der Waals surface area contributed by atoms with Gasteiger partial charge in [0.25, 0.3) is 0 Å². The molecule has 13 aromatic rings. The van der Waals surface area contributed by atoms with Gasteiger partial charge in [-0.1, -0.05) is 146 Å². The molecule has 0 aliphatic carbocycles. The molecule has 0 heteroatoms. The van der Waals surface area contributed by atoms with Gasteiger partial charge in [0.2, 0.25) is 0 Å². The van der Waals surface area contributed by atoms with Gasteiger partial charge in [0, 0.05) is 0 Å². The average Bonchev–Trinajstić information content (AvgIpc) is 3.49. The lowest BCUT2D eigenvalue weighted by atomic mass is 9.91. The summed E-state index contributed by atoms with van der Waals surface area (Å²) in [5.74, 6) is 0. The summed E-state index contributed by atoms with van der Waals surface area (Å²) in [5, 5.41) is 14.0. The zero-order chi connectivity index (χ0) is 53.0. The van der Waals surface area contributed by atoms with Crippen molar-refractivity contribution in [2.75, 3.05) is 0 Å². The Labute approximate surface area is 458 Å². The first-order chi connectivity index (χ1) is 38.1. The van der Waals surface area contributed by atoms with Crippen LogP contribution in [0.2, 0.25) is 0 Å². The third-order valence-electron chi connectivity index (χ3n) is 16.3. The first-order valence-corrected chi connectivity index (χ1v) is 27.4. The highest BCUT2D eigenvalue weighted by atomic mass is 14.2. The molecule has 0 unspecified atom stereocenters. The molecule has 372 valence electrons. The predicted molar refractivity (Wildman–Crippen MR) is 339 cm³/mol. The molecule has 0 aliphatic heterocycles. The van der Waals surface area contributed by atoms with Crippen LogP contribution in [0.5, 0.6) is 0 Å².